The van der Waals surface area contributed by atoms with Crippen molar-refractivity contribution in [3.63, 3.8) is 0 Å². The van der Waals surface area contributed by atoms with Gasteiger partial charge in [0.25, 0.3) is 0 Å². The first kappa shape index (κ1) is 12.1. The van der Waals surface area contributed by atoms with Crippen LogP contribution in [0.1, 0.15) is 67.5 Å². The quantitative estimate of drug-likeness (QED) is 0.724. The van der Waals surface area contributed by atoms with E-state index < -0.39 is 12.7 Å². The Bertz CT molecular complexity index is 529. The Balaban J connectivity index is 1.74. The van der Waals surface area contributed by atoms with Crippen LogP contribution in [0.25, 0.3) is 0 Å². The zero-order valence-electron chi connectivity index (χ0n) is 15.1. The second kappa shape index (κ2) is 4.83. The minimum Gasteiger partial charge on any atom is -0.395 e. The molecule has 0 heterocycles. The third-order valence-corrected chi connectivity index (χ3v) is 7.60. The van der Waals surface area contributed by atoms with Gasteiger partial charge >= 0.3 is 0 Å². The van der Waals surface area contributed by atoms with Gasteiger partial charge in [-0.1, -0.05) is 18.6 Å². The van der Waals surface area contributed by atoms with E-state index in [4.69, 9.17) is 2.74 Å². The molecule has 0 saturated heterocycles. The van der Waals surface area contributed by atoms with Crippen LogP contribution in [-0.4, -0.2) is 22.9 Å². The standard InChI is InChI=1S/C19H30O2/c1-18-11-9-16-14(15(18)7-8-17(18)21)6-5-13-4-2-3-10-19(13,16)12-20/h4,14-17,20-21H,2-3,5-12H2,1H3/t14-,15-,16-,17-,18-,19+/m0/s1/i12D,17D/t12-,14+,15+,16+,17+,18+,19-/m1. The molecule has 0 radical (unpaired) electrons. The molecule has 118 valence electrons. The van der Waals surface area contributed by atoms with Gasteiger partial charge in [-0.05, 0) is 81.0 Å². The van der Waals surface area contributed by atoms with Gasteiger partial charge in [0.15, 0.2) is 0 Å². The van der Waals surface area contributed by atoms with Crippen molar-refractivity contribution < 1.29 is 13.0 Å². The fraction of sp³-hybridized carbons (Fsp3) is 0.895. The van der Waals surface area contributed by atoms with Crippen LogP contribution in [0.15, 0.2) is 11.6 Å². The van der Waals surface area contributed by atoms with Gasteiger partial charge in [-0.25, -0.2) is 0 Å². The van der Waals surface area contributed by atoms with E-state index in [1.807, 2.05) is 0 Å². The van der Waals surface area contributed by atoms with Crippen LogP contribution < -0.4 is 0 Å². The van der Waals surface area contributed by atoms with Gasteiger partial charge < -0.3 is 10.2 Å². The van der Waals surface area contributed by atoms with Crippen molar-refractivity contribution in [1.29, 1.82) is 0 Å². The Hall–Kier alpha value is -0.340. The molecule has 7 atom stereocenters. The van der Waals surface area contributed by atoms with Crippen molar-refractivity contribution >= 4 is 0 Å². The summed E-state index contributed by atoms with van der Waals surface area (Å²) in [5, 5.41) is 21.1. The molecule has 0 spiro atoms. The van der Waals surface area contributed by atoms with E-state index in [2.05, 4.69) is 13.0 Å². The smallest absolute Gasteiger partial charge is 0.0606 e. The highest BCUT2D eigenvalue weighted by atomic mass is 16.3. The first-order valence-corrected chi connectivity index (χ1v) is 8.85. The molecule has 0 amide bonds. The summed E-state index contributed by atoms with van der Waals surface area (Å²) in [7, 11) is 0. The maximum atomic E-state index is 10.6. The SMILES string of the molecule is [2H][C@@H](O)[C@]12CCCC=C1CC[C@@H]1[C@@H]2CC[C@@]2(C)[C@H]1CC[C@]2([2H])O. The van der Waals surface area contributed by atoms with Crippen LogP contribution in [0.5, 0.6) is 0 Å². The predicted octanol–water partition coefficient (Wildman–Crippen LogP) is 3.67. The van der Waals surface area contributed by atoms with Crippen molar-refractivity contribution in [2.75, 3.05) is 6.58 Å². The molecule has 4 aliphatic carbocycles. The number of allylic oxidation sites excluding steroid dienone is 1. The van der Waals surface area contributed by atoms with Gasteiger partial charge in [-0.3, -0.25) is 0 Å². The van der Waals surface area contributed by atoms with Crippen molar-refractivity contribution in [2.24, 2.45) is 28.6 Å². The minimum atomic E-state index is -1.29. The molecule has 4 aliphatic rings. The van der Waals surface area contributed by atoms with Gasteiger partial charge in [-0.15, -0.1) is 0 Å². The molecule has 0 aromatic carbocycles. The molecule has 0 bridgehead atoms. The van der Waals surface area contributed by atoms with Crippen LogP contribution in [0.3, 0.4) is 0 Å². The second-order valence-electron chi connectivity index (χ2n) is 8.15. The maximum absolute atomic E-state index is 10.6. The predicted molar refractivity (Wildman–Crippen MR) is 83.7 cm³/mol. The van der Waals surface area contributed by atoms with Crippen molar-refractivity contribution in [1.82, 2.24) is 0 Å². The highest BCUT2D eigenvalue weighted by Gasteiger charge is 2.59. The summed E-state index contributed by atoms with van der Waals surface area (Å²) in [6.07, 6.45) is 9.56. The van der Waals surface area contributed by atoms with E-state index in [0.29, 0.717) is 24.2 Å². The van der Waals surface area contributed by atoms with Gasteiger partial charge in [0.2, 0.25) is 0 Å². The Kier molecular flexibility index (Phi) is 2.79. The van der Waals surface area contributed by atoms with Gasteiger partial charge in [-0.2, -0.15) is 0 Å². The molecule has 2 nitrogen and oxygen atoms in total. The highest BCUT2D eigenvalue weighted by molar-refractivity contribution is 5.25. The molecule has 2 heteroatoms. The fourth-order valence-corrected chi connectivity index (χ4v) is 6.46. The molecule has 2 N–H and O–H groups in total. The van der Waals surface area contributed by atoms with Crippen molar-refractivity contribution in [2.45, 2.75) is 70.8 Å². The summed E-state index contributed by atoms with van der Waals surface area (Å²) in [4.78, 5) is 0. The third kappa shape index (κ3) is 1.78. The van der Waals surface area contributed by atoms with E-state index in [1.165, 1.54) is 5.57 Å². The maximum Gasteiger partial charge on any atom is 0.0606 e. The first-order valence-electron chi connectivity index (χ1n) is 9.93. The Morgan fingerprint density at radius 1 is 1.29 bits per heavy atom. The number of hydrogen-bond donors (Lipinski definition) is 2. The molecule has 3 fully saturated rings. The Morgan fingerprint density at radius 2 is 2.14 bits per heavy atom. The van der Waals surface area contributed by atoms with Gasteiger partial charge in [0, 0.05) is 5.41 Å². The van der Waals surface area contributed by atoms with Crippen LogP contribution in [0, 0.1) is 28.6 Å². The number of hydrogen-bond acceptors (Lipinski definition) is 2. The summed E-state index contributed by atoms with van der Waals surface area (Å²) in [6.45, 7) is 1.09. The van der Waals surface area contributed by atoms with E-state index >= 15 is 0 Å². The summed E-state index contributed by atoms with van der Waals surface area (Å²) in [5.41, 5.74) is 0.693. The first-order chi connectivity index (χ1) is 10.8. The minimum absolute atomic E-state index is 0.307. The molecule has 0 aliphatic heterocycles. The molecule has 21 heavy (non-hydrogen) atoms. The average molecular weight is 292 g/mol. The van der Waals surface area contributed by atoms with Gasteiger partial charge in [0.05, 0.1) is 15.4 Å². The normalized spacial score (nSPS) is 59.0. The topological polar surface area (TPSA) is 40.5 Å². The lowest BCUT2D eigenvalue weighted by atomic mass is 9.47. The van der Waals surface area contributed by atoms with Crippen molar-refractivity contribution in [3.8, 4) is 0 Å². The van der Waals surface area contributed by atoms with Crippen molar-refractivity contribution in [3.05, 3.63) is 11.6 Å². The summed E-state index contributed by atoms with van der Waals surface area (Å²) in [6, 6.07) is 0. The number of aliphatic hydroxyl groups is 2. The molecular weight excluding hydrogens is 260 g/mol. The Morgan fingerprint density at radius 3 is 2.95 bits per heavy atom. The molecule has 4 rings (SSSR count). The number of fused-ring (bicyclic) bond motifs is 5. The lowest BCUT2D eigenvalue weighted by Gasteiger charge is -2.58. The van der Waals surface area contributed by atoms with Crippen LogP contribution in [-0.2, 0) is 0 Å². The zero-order valence-corrected chi connectivity index (χ0v) is 13.1. The second-order valence-corrected chi connectivity index (χ2v) is 8.15. The number of rotatable bonds is 1. The summed E-state index contributed by atoms with van der Waals surface area (Å²) in [5.74, 6) is 1.20. The Labute approximate surface area is 131 Å². The average Bonchev–Trinajstić information content (AvgIpc) is 2.77. The molecular formula is C19H30O2. The fourth-order valence-electron chi connectivity index (χ4n) is 6.46. The lowest BCUT2D eigenvalue weighted by Crippen LogP contribution is -2.53. The monoisotopic (exact) mass is 292 g/mol. The summed E-state index contributed by atoms with van der Waals surface area (Å²) >= 11 is 0. The zero-order chi connectivity index (χ0) is 16.5. The van der Waals surface area contributed by atoms with Crippen LogP contribution in [0.4, 0.5) is 0 Å². The van der Waals surface area contributed by atoms with E-state index in [9.17, 15) is 10.2 Å². The number of aliphatic hydroxyl groups excluding tert-OH is 1. The van der Waals surface area contributed by atoms with E-state index in [1.54, 1.807) is 0 Å². The van der Waals surface area contributed by atoms with Crippen LogP contribution >= 0.6 is 0 Å². The lowest BCUT2D eigenvalue weighted by molar-refractivity contribution is -0.0903. The molecule has 0 unspecified atom stereocenters. The van der Waals surface area contributed by atoms with Crippen LogP contribution in [0.2, 0.25) is 0 Å². The van der Waals surface area contributed by atoms with E-state index in [-0.39, 0.29) is 10.8 Å². The van der Waals surface area contributed by atoms with Gasteiger partial charge in [0.1, 0.15) is 0 Å². The molecule has 0 aromatic heterocycles. The van der Waals surface area contributed by atoms with E-state index in [0.717, 1.165) is 51.4 Å². The summed E-state index contributed by atoms with van der Waals surface area (Å²) < 4.78 is 16.6. The highest BCUT2D eigenvalue weighted by Crippen LogP contribution is 2.65. The molecule has 0 aromatic rings. The largest absolute Gasteiger partial charge is 0.395 e. The molecule has 3 saturated carbocycles. The third-order valence-electron chi connectivity index (χ3n) is 7.60.